The first-order valence-electron chi connectivity index (χ1n) is 7.23. The van der Waals surface area contributed by atoms with E-state index in [0.29, 0.717) is 16.1 Å². The van der Waals surface area contributed by atoms with E-state index in [1.165, 1.54) is 18.2 Å². The summed E-state index contributed by atoms with van der Waals surface area (Å²) >= 11 is 5.48. The van der Waals surface area contributed by atoms with Crippen molar-refractivity contribution in [2.45, 2.75) is 41.5 Å². The number of halogens is 4. The van der Waals surface area contributed by atoms with Crippen LogP contribution in [0, 0.1) is 31.3 Å². The first kappa shape index (κ1) is 22.8. The van der Waals surface area contributed by atoms with E-state index >= 15 is 0 Å². The largest absolute Gasteiger partial charge is 0.207 e. The first-order valence-corrected chi connectivity index (χ1v) is 7.61. The molecule has 0 saturated heterocycles. The Morgan fingerprint density at radius 2 is 1.09 bits per heavy atom. The number of hydrogen-bond donors (Lipinski definition) is 0. The Bertz CT molecular complexity index is 490. The fraction of sp³-hybridized carbons (Fsp3) is 0.333. The Balaban J connectivity index is 0. The molecule has 0 aliphatic rings. The highest BCUT2D eigenvalue weighted by atomic mass is 35.5. The van der Waals surface area contributed by atoms with Gasteiger partial charge in [-0.25, -0.2) is 13.2 Å². The van der Waals surface area contributed by atoms with Crippen molar-refractivity contribution in [2.24, 2.45) is 0 Å². The van der Waals surface area contributed by atoms with Gasteiger partial charge in [-0.05, 0) is 43.2 Å². The van der Waals surface area contributed by atoms with E-state index in [-0.39, 0.29) is 5.82 Å². The van der Waals surface area contributed by atoms with Crippen LogP contribution < -0.4 is 0 Å². The van der Waals surface area contributed by atoms with Crippen LogP contribution in [0.15, 0.2) is 36.4 Å². The van der Waals surface area contributed by atoms with Crippen LogP contribution in [0.5, 0.6) is 0 Å². The van der Waals surface area contributed by atoms with Gasteiger partial charge in [-0.2, -0.15) is 0 Å². The quantitative estimate of drug-likeness (QED) is 0.482. The molecule has 0 atom stereocenters. The number of hydrogen-bond acceptors (Lipinski definition) is 0. The topological polar surface area (TPSA) is 0 Å². The third-order valence-corrected chi connectivity index (χ3v) is 2.50. The smallest absolute Gasteiger partial charge is 0.129 e. The molecule has 124 valence electrons. The fourth-order valence-corrected chi connectivity index (χ4v) is 1.29. The second-order valence-electron chi connectivity index (χ2n) is 3.79. The van der Waals surface area contributed by atoms with Gasteiger partial charge in [-0.3, -0.25) is 0 Å². The van der Waals surface area contributed by atoms with Crippen LogP contribution in [0.25, 0.3) is 0 Å². The van der Waals surface area contributed by atoms with Crippen LogP contribution in [0.2, 0.25) is 5.02 Å². The van der Waals surface area contributed by atoms with E-state index in [2.05, 4.69) is 0 Å². The second kappa shape index (κ2) is 13.2. The third-order valence-electron chi connectivity index (χ3n) is 2.27. The fourth-order valence-electron chi connectivity index (χ4n) is 1.13. The summed E-state index contributed by atoms with van der Waals surface area (Å²) in [7, 11) is 0. The van der Waals surface area contributed by atoms with Crippen molar-refractivity contribution < 1.29 is 13.2 Å². The molecule has 0 heterocycles. The van der Waals surface area contributed by atoms with Crippen molar-refractivity contribution in [1.29, 1.82) is 0 Å². The predicted molar refractivity (Wildman–Crippen MR) is 89.9 cm³/mol. The van der Waals surface area contributed by atoms with Gasteiger partial charge >= 0.3 is 0 Å². The number of aryl methyl sites for hydroxylation is 2. The van der Waals surface area contributed by atoms with E-state index in [9.17, 15) is 13.2 Å². The van der Waals surface area contributed by atoms with Crippen LogP contribution >= 0.6 is 11.6 Å². The molecule has 2 rings (SSSR count). The van der Waals surface area contributed by atoms with Crippen molar-refractivity contribution in [3.8, 4) is 0 Å². The summed E-state index contributed by atoms with van der Waals surface area (Å²) in [5.74, 6) is -1.27. The molecule has 0 aromatic heterocycles. The third kappa shape index (κ3) is 9.46. The highest BCUT2D eigenvalue weighted by Gasteiger charge is 1.96. The standard InChI is InChI=1S/C7H6ClF.C7H6F2.2C2H6/c2*1-5-2-3-6(8)4-7(5)9;2*1-2/h2*2-4H,1H3;2*1-2H3. The van der Waals surface area contributed by atoms with Crippen LogP contribution in [-0.2, 0) is 0 Å². The van der Waals surface area contributed by atoms with Crippen LogP contribution in [0.4, 0.5) is 13.2 Å². The van der Waals surface area contributed by atoms with E-state index in [1.807, 2.05) is 27.7 Å². The summed E-state index contributed by atoms with van der Waals surface area (Å²) in [6, 6.07) is 8.13. The van der Waals surface area contributed by atoms with Crippen molar-refractivity contribution in [3.05, 3.63) is 70.0 Å². The molecule has 0 aliphatic carbocycles. The van der Waals surface area contributed by atoms with Crippen molar-refractivity contribution >= 4 is 11.6 Å². The van der Waals surface area contributed by atoms with Gasteiger partial charge in [0.15, 0.2) is 0 Å². The minimum atomic E-state index is -0.530. The van der Waals surface area contributed by atoms with Crippen LogP contribution in [-0.4, -0.2) is 0 Å². The molecule has 0 spiro atoms. The lowest BCUT2D eigenvalue weighted by Crippen LogP contribution is -1.81. The molecule has 0 saturated carbocycles. The molecule has 4 heteroatoms. The molecule has 0 nitrogen and oxygen atoms in total. The zero-order valence-electron chi connectivity index (χ0n) is 14.0. The SMILES string of the molecule is CC.CC.Cc1ccc(Cl)cc1F.Cc1ccc(F)cc1F. The first-order chi connectivity index (χ1) is 10.4. The lowest BCUT2D eigenvalue weighted by atomic mass is 10.2. The summed E-state index contributed by atoms with van der Waals surface area (Å²) in [5, 5.41) is 0.443. The molecule has 2 aromatic rings. The molecular weight excluding hydrogens is 309 g/mol. The molecule has 0 N–H and O–H groups in total. The molecule has 0 unspecified atom stereocenters. The Labute approximate surface area is 136 Å². The van der Waals surface area contributed by atoms with Crippen molar-refractivity contribution in [1.82, 2.24) is 0 Å². The minimum absolute atomic E-state index is 0.248. The van der Waals surface area contributed by atoms with Gasteiger partial charge in [-0.15, -0.1) is 0 Å². The Hall–Kier alpha value is -1.48. The molecule has 0 fully saturated rings. The van der Waals surface area contributed by atoms with Crippen LogP contribution in [0.1, 0.15) is 38.8 Å². The van der Waals surface area contributed by atoms with Gasteiger partial charge in [0.1, 0.15) is 17.5 Å². The molecule has 22 heavy (non-hydrogen) atoms. The van der Waals surface area contributed by atoms with Gasteiger partial charge < -0.3 is 0 Å². The monoisotopic (exact) mass is 332 g/mol. The highest BCUT2D eigenvalue weighted by molar-refractivity contribution is 6.30. The molecule has 0 radical (unpaired) electrons. The van der Waals surface area contributed by atoms with Gasteiger partial charge in [0.25, 0.3) is 0 Å². The lowest BCUT2D eigenvalue weighted by Gasteiger charge is -1.93. The van der Waals surface area contributed by atoms with Crippen molar-refractivity contribution in [2.75, 3.05) is 0 Å². The minimum Gasteiger partial charge on any atom is -0.207 e. The Morgan fingerprint density at radius 1 is 0.682 bits per heavy atom. The summed E-state index contributed by atoms with van der Waals surface area (Å²) < 4.78 is 36.9. The predicted octanol–water partition coefficient (Wildman–Crippen LogP) is 7.11. The van der Waals surface area contributed by atoms with Gasteiger partial charge in [-0.1, -0.05) is 51.4 Å². The zero-order chi connectivity index (χ0) is 17.7. The van der Waals surface area contributed by atoms with E-state index < -0.39 is 11.6 Å². The Kier molecular flexibility index (Phi) is 13.7. The molecule has 2 aromatic carbocycles. The Morgan fingerprint density at radius 3 is 1.41 bits per heavy atom. The average Bonchev–Trinajstić information content (AvgIpc) is 2.52. The van der Waals surface area contributed by atoms with Crippen LogP contribution in [0.3, 0.4) is 0 Å². The maximum Gasteiger partial charge on any atom is 0.129 e. The van der Waals surface area contributed by atoms with E-state index in [0.717, 1.165) is 6.07 Å². The van der Waals surface area contributed by atoms with Gasteiger partial charge in [0, 0.05) is 11.1 Å². The van der Waals surface area contributed by atoms with Crippen molar-refractivity contribution in [3.63, 3.8) is 0 Å². The summed E-state index contributed by atoms with van der Waals surface area (Å²) in [6.45, 7) is 11.3. The van der Waals surface area contributed by atoms with E-state index in [1.54, 1.807) is 26.0 Å². The maximum absolute atomic E-state index is 12.5. The van der Waals surface area contributed by atoms with Gasteiger partial charge in [0.2, 0.25) is 0 Å². The summed E-state index contributed by atoms with van der Waals surface area (Å²) in [4.78, 5) is 0. The maximum atomic E-state index is 12.5. The summed E-state index contributed by atoms with van der Waals surface area (Å²) in [5.41, 5.74) is 1.09. The van der Waals surface area contributed by atoms with E-state index in [4.69, 9.17) is 11.6 Å². The number of benzene rings is 2. The molecular formula is C18H24ClF3. The second-order valence-corrected chi connectivity index (χ2v) is 4.22. The molecule has 0 aliphatic heterocycles. The highest BCUT2D eigenvalue weighted by Crippen LogP contribution is 2.12. The van der Waals surface area contributed by atoms with Gasteiger partial charge in [0.05, 0.1) is 0 Å². The molecule has 0 amide bonds. The normalized spacial score (nSPS) is 8.45. The average molecular weight is 333 g/mol. The number of rotatable bonds is 0. The zero-order valence-corrected chi connectivity index (χ0v) is 14.7. The molecule has 0 bridgehead atoms. The lowest BCUT2D eigenvalue weighted by molar-refractivity contribution is 0.577. The summed E-state index contributed by atoms with van der Waals surface area (Å²) in [6.07, 6.45) is 0.